The van der Waals surface area contributed by atoms with Crippen LogP contribution in [0.3, 0.4) is 0 Å². The Morgan fingerprint density at radius 2 is 2.35 bits per heavy atom. The summed E-state index contributed by atoms with van der Waals surface area (Å²) in [7, 11) is 1.31. The molecule has 1 saturated heterocycles. The molecule has 1 aliphatic heterocycles. The van der Waals surface area contributed by atoms with Gasteiger partial charge in [-0.25, -0.2) is 4.79 Å². The van der Waals surface area contributed by atoms with Gasteiger partial charge in [-0.05, 0) is 24.8 Å². The number of methoxy groups -OCH3 is 1. The molecule has 0 aliphatic carbocycles. The van der Waals surface area contributed by atoms with Crippen molar-refractivity contribution in [1.82, 2.24) is 4.90 Å². The first-order valence-corrected chi connectivity index (χ1v) is 7.20. The Kier molecular flexibility index (Phi) is 4.42. The van der Waals surface area contributed by atoms with Crippen molar-refractivity contribution in [3.8, 4) is 0 Å². The second-order valence-electron chi connectivity index (χ2n) is 5.16. The summed E-state index contributed by atoms with van der Waals surface area (Å²) in [6.45, 7) is 3.13. The largest absolute Gasteiger partial charge is 0.465 e. The summed E-state index contributed by atoms with van der Waals surface area (Å²) in [4.78, 5) is 25.7. The number of β-amino-alcohol motifs (C(OH)–C–C–N with tert-alkyl or cyclic N) is 1. The zero-order chi connectivity index (χ0) is 14.8. The van der Waals surface area contributed by atoms with Gasteiger partial charge in [-0.2, -0.15) is 0 Å². The molecule has 1 amide bonds. The first-order chi connectivity index (χ1) is 9.41. The van der Waals surface area contributed by atoms with Crippen molar-refractivity contribution in [2.75, 3.05) is 32.1 Å². The number of carbonyl (C=O) groups is 2. The van der Waals surface area contributed by atoms with Crippen molar-refractivity contribution in [2.24, 2.45) is 0 Å². The fraction of sp³-hybridized carbons (Fsp3) is 0.538. The maximum atomic E-state index is 12.0. The summed E-state index contributed by atoms with van der Waals surface area (Å²) in [5.74, 6) is -0.661. The van der Waals surface area contributed by atoms with Gasteiger partial charge in [0.1, 0.15) is 4.88 Å². The Morgan fingerprint density at radius 1 is 1.60 bits per heavy atom. The molecule has 20 heavy (non-hydrogen) atoms. The zero-order valence-electron chi connectivity index (χ0n) is 11.5. The summed E-state index contributed by atoms with van der Waals surface area (Å²) in [6, 6.07) is 1.68. The minimum atomic E-state index is -0.722. The van der Waals surface area contributed by atoms with Gasteiger partial charge < -0.3 is 15.2 Å². The molecule has 0 radical (unpaired) electrons. The summed E-state index contributed by atoms with van der Waals surface area (Å²) >= 11 is 1.22. The van der Waals surface area contributed by atoms with Crippen molar-refractivity contribution in [3.05, 3.63) is 16.3 Å². The third-order valence-corrected chi connectivity index (χ3v) is 4.10. The van der Waals surface area contributed by atoms with Gasteiger partial charge in [0, 0.05) is 13.1 Å². The van der Waals surface area contributed by atoms with Crippen LogP contribution in [-0.2, 0) is 9.53 Å². The van der Waals surface area contributed by atoms with Crippen molar-refractivity contribution >= 4 is 28.9 Å². The standard InChI is InChI=1S/C13H18N2O4S/c1-13(18)4-5-15(8-13)7-10(16)14-9-3-6-20-11(9)12(17)19-2/h3,6,18H,4-5,7-8H2,1-2H3,(H,14,16). The zero-order valence-corrected chi connectivity index (χ0v) is 12.3. The Balaban J connectivity index is 1.92. The van der Waals surface area contributed by atoms with E-state index in [2.05, 4.69) is 10.1 Å². The van der Waals surface area contributed by atoms with Gasteiger partial charge in [-0.15, -0.1) is 11.3 Å². The average Bonchev–Trinajstić information content (AvgIpc) is 2.95. The van der Waals surface area contributed by atoms with E-state index in [0.717, 1.165) is 0 Å². The molecule has 0 spiro atoms. The fourth-order valence-corrected chi connectivity index (χ4v) is 2.99. The lowest BCUT2D eigenvalue weighted by Gasteiger charge is -2.18. The van der Waals surface area contributed by atoms with Crippen LogP contribution in [0, 0.1) is 0 Å². The van der Waals surface area contributed by atoms with Crippen LogP contribution in [0.1, 0.15) is 23.0 Å². The molecule has 2 rings (SSSR count). The number of thiophene rings is 1. The maximum Gasteiger partial charge on any atom is 0.350 e. The lowest BCUT2D eigenvalue weighted by atomic mass is 10.1. The van der Waals surface area contributed by atoms with Crippen LogP contribution >= 0.6 is 11.3 Å². The highest BCUT2D eigenvalue weighted by atomic mass is 32.1. The summed E-state index contributed by atoms with van der Waals surface area (Å²) in [5, 5.41) is 14.3. The third kappa shape index (κ3) is 3.56. The Bertz CT molecular complexity index is 512. The first-order valence-electron chi connectivity index (χ1n) is 6.32. The smallest absolute Gasteiger partial charge is 0.350 e. The molecule has 0 saturated carbocycles. The van der Waals surface area contributed by atoms with Crippen LogP contribution in [0.25, 0.3) is 0 Å². The molecule has 0 aromatic carbocycles. The van der Waals surface area contributed by atoms with Gasteiger partial charge in [0.25, 0.3) is 0 Å². The van der Waals surface area contributed by atoms with E-state index in [1.165, 1.54) is 18.4 Å². The molecular weight excluding hydrogens is 280 g/mol. The van der Waals surface area contributed by atoms with Crippen molar-refractivity contribution in [2.45, 2.75) is 18.9 Å². The molecule has 6 nitrogen and oxygen atoms in total. The second kappa shape index (κ2) is 5.90. The van der Waals surface area contributed by atoms with E-state index < -0.39 is 11.6 Å². The number of nitrogens with zero attached hydrogens (tertiary/aromatic N) is 1. The fourth-order valence-electron chi connectivity index (χ4n) is 2.23. The highest BCUT2D eigenvalue weighted by Crippen LogP contribution is 2.24. The quantitative estimate of drug-likeness (QED) is 0.809. The van der Waals surface area contributed by atoms with Crippen LogP contribution in [0.5, 0.6) is 0 Å². The molecule has 1 aromatic heterocycles. The topological polar surface area (TPSA) is 78.9 Å². The molecule has 110 valence electrons. The molecule has 1 fully saturated rings. The van der Waals surface area contributed by atoms with Gasteiger partial charge >= 0.3 is 5.97 Å². The monoisotopic (exact) mass is 298 g/mol. The van der Waals surface area contributed by atoms with Crippen LogP contribution < -0.4 is 5.32 Å². The average molecular weight is 298 g/mol. The number of esters is 1. The summed E-state index contributed by atoms with van der Waals surface area (Å²) in [5.41, 5.74) is -0.252. The number of aliphatic hydroxyl groups is 1. The molecule has 1 unspecified atom stereocenters. The third-order valence-electron chi connectivity index (χ3n) is 3.21. The lowest BCUT2D eigenvalue weighted by molar-refractivity contribution is -0.117. The van der Waals surface area contributed by atoms with Gasteiger partial charge in [0.15, 0.2) is 0 Å². The van der Waals surface area contributed by atoms with E-state index in [0.29, 0.717) is 30.1 Å². The number of hydrogen-bond acceptors (Lipinski definition) is 6. The van der Waals surface area contributed by atoms with Crippen molar-refractivity contribution < 1.29 is 19.4 Å². The molecule has 1 atom stereocenters. The van der Waals surface area contributed by atoms with E-state index in [1.54, 1.807) is 18.4 Å². The number of likely N-dealkylation sites (tertiary alicyclic amines) is 1. The van der Waals surface area contributed by atoms with Crippen LogP contribution in [0.15, 0.2) is 11.4 Å². The predicted octanol–water partition coefficient (Wildman–Crippen LogP) is 0.930. The van der Waals surface area contributed by atoms with E-state index in [1.807, 2.05) is 4.90 Å². The lowest BCUT2D eigenvalue weighted by Crippen LogP contribution is -2.35. The highest BCUT2D eigenvalue weighted by molar-refractivity contribution is 7.12. The van der Waals surface area contributed by atoms with E-state index in [9.17, 15) is 14.7 Å². The van der Waals surface area contributed by atoms with Gasteiger partial charge in [-0.1, -0.05) is 0 Å². The summed E-state index contributed by atoms with van der Waals surface area (Å²) < 4.78 is 4.65. The number of hydrogen-bond donors (Lipinski definition) is 2. The van der Waals surface area contributed by atoms with Crippen LogP contribution in [0.4, 0.5) is 5.69 Å². The van der Waals surface area contributed by atoms with Crippen molar-refractivity contribution in [3.63, 3.8) is 0 Å². The summed E-state index contributed by atoms with van der Waals surface area (Å²) in [6.07, 6.45) is 0.659. The van der Waals surface area contributed by atoms with Crippen LogP contribution in [-0.4, -0.2) is 54.2 Å². The second-order valence-corrected chi connectivity index (χ2v) is 6.08. The number of rotatable bonds is 4. The molecule has 7 heteroatoms. The number of nitrogens with one attached hydrogen (secondary N) is 1. The molecular formula is C13H18N2O4S. The molecule has 0 bridgehead atoms. The Hall–Kier alpha value is -1.44. The van der Waals surface area contributed by atoms with Crippen LogP contribution in [0.2, 0.25) is 0 Å². The number of carbonyl (C=O) groups excluding carboxylic acids is 2. The van der Waals surface area contributed by atoms with E-state index >= 15 is 0 Å². The van der Waals surface area contributed by atoms with Gasteiger partial charge in [-0.3, -0.25) is 9.69 Å². The molecule has 1 aliphatic rings. The number of amides is 1. The highest BCUT2D eigenvalue weighted by Gasteiger charge is 2.32. The molecule has 2 heterocycles. The SMILES string of the molecule is COC(=O)c1sccc1NC(=O)CN1CCC(C)(O)C1. The minimum Gasteiger partial charge on any atom is -0.465 e. The van der Waals surface area contributed by atoms with Crippen molar-refractivity contribution in [1.29, 1.82) is 0 Å². The molecule has 2 N–H and O–H groups in total. The van der Waals surface area contributed by atoms with E-state index in [4.69, 9.17) is 0 Å². The number of anilines is 1. The minimum absolute atomic E-state index is 0.201. The van der Waals surface area contributed by atoms with E-state index in [-0.39, 0.29) is 12.5 Å². The van der Waals surface area contributed by atoms with Gasteiger partial charge in [0.05, 0.1) is 24.9 Å². The Labute approximate surface area is 121 Å². The number of ether oxygens (including phenoxy) is 1. The normalized spacial score (nSPS) is 22.8. The predicted molar refractivity (Wildman–Crippen MR) is 76.0 cm³/mol. The Morgan fingerprint density at radius 3 is 2.95 bits per heavy atom. The first kappa shape index (κ1) is 15.0. The molecule has 1 aromatic rings. The maximum absolute atomic E-state index is 12.0. The van der Waals surface area contributed by atoms with Gasteiger partial charge in [0.2, 0.25) is 5.91 Å².